The van der Waals surface area contributed by atoms with E-state index in [0.717, 1.165) is 63.2 Å². The highest BCUT2D eigenvalue weighted by Crippen LogP contribution is 2.49. The van der Waals surface area contributed by atoms with Crippen molar-refractivity contribution in [2.24, 2.45) is 17.3 Å². The lowest BCUT2D eigenvalue weighted by Gasteiger charge is -2.57. The van der Waals surface area contributed by atoms with E-state index in [1.54, 1.807) is 23.5 Å². The van der Waals surface area contributed by atoms with Gasteiger partial charge in [0, 0.05) is 94.0 Å². The van der Waals surface area contributed by atoms with Crippen molar-refractivity contribution in [1.82, 2.24) is 39.8 Å². The second-order valence-corrected chi connectivity index (χ2v) is 15.1. The van der Waals surface area contributed by atoms with E-state index < -0.39 is 0 Å². The molecule has 11 nitrogen and oxygen atoms in total. The zero-order valence-corrected chi connectivity index (χ0v) is 28.8. The average molecular weight is 658 g/mol. The minimum atomic E-state index is -0.350. The first-order chi connectivity index (χ1) is 23.1. The Morgan fingerprint density at radius 1 is 1.08 bits per heavy atom. The lowest BCUT2D eigenvalue weighted by Crippen LogP contribution is -2.65. The predicted octanol–water partition coefficient (Wildman–Crippen LogP) is 4.86. The molecule has 4 fully saturated rings. The largest absolute Gasteiger partial charge is 0.434 e. The molecule has 1 amide bonds. The van der Waals surface area contributed by atoms with E-state index in [1.807, 2.05) is 14.1 Å². The molecule has 2 aliphatic heterocycles. The summed E-state index contributed by atoms with van der Waals surface area (Å²) in [6.45, 7) is 9.44. The SMILES string of the molecule is CC(C)[C@H](C1CC(N(C)CCC(=O)N(C)C)C1)N1CC2(CCN(c3ncnnc3Oc3ccc(F)cc3-c3cncnc3C3CC3)C2)C1. The monoisotopic (exact) mass is 657 g/mol. The van der Waals surface area contributed by atoms with Gasteiger partial charge in [-0.05, 0) is 69.2 Å². The molecule has 0 radical (unpaired) electrons. The molecule has 3 aromatic rings. The molecule has 2 saturated carbocycles. The summed E-state index contributed by atoms with van der Waals surface area (Å²) in [5.74, 6) is 2.94. The molecule has 2 aliphatic carbocycles. The van der Waals surface area contributed by atoms with Crippen LogP contribution in [0.4, 0.5) is 10.2 Å². The summed E-state index contributed by atoms with van der Waals surface area (Å²) < 4.78 is 21.0. The van der Waals surface area contributed by atoms with Gasteiger partial charge in [0.2, 0.25) is 5.91 Å². The summed E-state index contributed by atoms with van der Waals surface area (Å²) in [6.07, 6.45) is 11.0. The molecule has 1 aromatic carbocycles. The predicted molar refractivity (Wildman–Crippen MR) is 181 cm³/mol. The summed E-state index contributed by atoms with van der Waals surface area (Å²) in [7, 11) is 5.81. The Morgan fingerprint density at radius 2 is 1.88 bits per heavy atom. The number of anilines is 1. The van der Waals surface area contributed by atoms with E-state index in [2.05, 4.69) is 60.7 Å². The number of nitrogens with zero attached hydrogens (tertiary/aromatic N) is 9. The van der Waals surface area contributed by atoms with Gasteiger partial charge >= 0.3 is 0 Å². The van der Waals surface area contributed by atoms with E-state index in [1.165, 1.54) is 31.3 Å². The molecule has 1 atom stereocenters. The Balaban J connectivity index is 0.998. The number of ether oxygens (including phenoxy) is 1. The first-order valence-corrected chi connectivity index (χ1v) is 17.5. The molecule has 2 aromatic heterocycles. The van der Waals surface area contributed by atoms with Crippen LogP contribution in [0.1, 0.15) is 64.0 Å². The van der Waals surface area contributed by atoms with Crippen LogP contribution in [-0.4, -0.2) is 112 Å². The fourth-order valence-electron chi connectivity index (χ4n) is 8.29. The number of benzene rings is 1. The van der Waals surface area contributed by atoms with E-state index in [4.69, 9.17) is 4.74 Å². The maximum absolute atomic E-state index is 14.6. The summed E-state index contributed by atoms with van der Waals surface area (Å²) >= 11 is 0. The molecular weight excluding hydrogens is 609 g/mol. The molecule has 0 unspecified atom stereocenters. The number of aromatic nitrogens is 5. The van der Waals surface area contributed by atoms with Gasteiger partial charge in [-0.15, -0.1) is 10.2 Å². The van der Waals surface area contributed by atoms with E-state index >= 15 is 0 Å². The van der Waals surface area contributed by atoms with Crippen molar-refractivity contribution in [2.45, 2.75) is 70.4 Å². The third-order valence-electron chi connectivity index (χ3n) is 11.1. The second-order valence-electron chi connectivity index (χ2n) is 15.1. The zero-order valence-electron chi connectivity index (χ0n) is 28.8. The van der Waals surface area contributed by atoms with E-state index in [9.17, 15) is 9.18 Å². The number of amides is 1. The average Bonchev–Trinajstić information content (AvgIpc) is 3.79. The first-order valence-electron chi connectivity index (χ1n) is 17.5. The van der Waals surface area contributed by atoms with Gasteiger partial charge in [0.25, 0.3) is 5.88 Å². The van der Waals surface area contributed by atoms with Gasteiger partial charge in [0.1, 0.15) is 24.2 Å². The third-order valence-corrected chi connectivity index (χ3v) is 11.1. The van der Waals surface area contributed by atoms with Crippen molar-refractivity contribution < 1.29 is 13.9 Å². The van der Waals surface area contributed by atoms with Crippen molar-refractivity contribution in [1.29, 1.82) is 0 Å². The summed E-state index contributed by atoms with van der Waals surface area (Å²) in [4.78, 5) is 34.5. The van der Waals surface area contributed by atoms with Crippen molar-refractivity contribution in [2.75, 3.05) is 58.8 Å². The molecule has 48 heavy (non-hydrogen) atoms. The van der Waals surface area contributed by atoms with Crippen LogP contribution in [0.25, 0.3) is 11.1 Å². The lowest BCUT2D eigenvalue weighted by molar-refractivity contribution is -0.129. The standard InChI is InChI=1S/C36H48FN9O2/c1-23(2)33(25-14-27(15-25)44(5)12-10-31(47)43(3)4)46-19-36(20-46)11-13-45(18-36)34-35(42-41-22-40-34)48-30-9-8-26(37)16-28(30)29-17-38-21-39-32(29)24-6-7-24/h8-9,16-17,21-25,27,33H,6-7,10-15,18-20H2,1-5H3/t25?,27?,33-/m1/s1. The fourth-order valence-corrected chi connectivity index (χ4v) is 8.29. The molecule has 7 rings (SSSR count). The third kappa shape index (κ3) is 6.61. The van der Waals surface area contributed by atoms with Crippen LogP contribution >= 0.6 is 0 Å². The topological polar surface area (TPSA) is 104 Å². The molecule has 0 N–H and O–H groups in total. The maximum Gasteiger partial charge on any atom is 0.282 e. The highest BCUT2D eigenvalue weighted by atomic mass is 19.1. The Bertz CT molecular complexity index is 1620. The number of hydrogen-bond donors (Lipinski definition) is 0. The van der Waals surface area contributed by atoms with E-state index in [-0.39, 0.29) is 17.1 Å². The molecule has 12 heteroatoms. The second kappa shape index (κ2) is 13.3. The fraction of sp³-hybridized carbons (Fsp3) is 0.611. The Hall–Kier alpha value is -3.77. The molecule has 2 saturated heterocycles. The Labute approximate surface area is 282 Å². The van der Waals surface area contributed by atoms with Gasteiger partial charge in [-0.2, -0.15) is 0 Å². The summed E-state index contributed by atoms with van der Waals surface area (Å²) in [5, 5.41) is 8.41. The minimum absolute atomic E-state index is 0.190. The highest BCUT2D eigenvalue weighted by molar-refractivity contribution is 5.75. The summed E-state index contributed by atoms with van der Waals surface area (Å²) in [6, 6.07) is 5.65. The lowest BCUT2D eigenvalue weighted by atomic mass is 9.68. The zero-order chi connectivity index (χ0) is 33.6. The minimum Gasteiger partial charge on any atom is -0.434 e. The molecule has 256 valence electrons. The number of halogens is 1. The maximum atomic E-state index is 14.6. The van der Waals surface area contributed by atoms with Crippen molar-refractivity contribution in [3.8, 4) is 22.8 Å². The molecule has 0 bridgehead atoms. The Morgan fingerprint density at radius 3 is 2.60 bits per heavy atom. The number of rotatable bonds is 12. The van der Waals surface area contributed by atoms with Gasteiger partial charge in [0.05, 0.1) is 5.69 Å². The van der Waals surface area contributed by atoms with E-state index in [0.29, 0.717) is 59.3 Å². The van der Waals surface area contributed by atoms with Crippen LogP contribution in [-0.2, 0) is 4.79 Å². The number of carbonyl (C=O) groups excluding carboxylic acids is 1. The van der Waals surface area contributed by atoms with Crippen LogP contribution in [0.2, 0.25) is 0 Å². The quantitative estimate of drug-likeness (QED) is 0.268. The smallest absolute Gasteiger partial charge is 0.282 e. The Kier molecular flexibility index (Phi) is 9.06. The van der Waals surface area contributed by atoms with Crippen molar-refractivity contribution in [3.05, 3.63) is 48.6 Å². The van der Waals surface area contributed by atoms with Gasteiger partial charge in [-0.3, -0.25) is 9.69 Å². The van der Waals surface area contributed by atoms with Crippen LogP contribution in [0.15, 0.2) is 37.1 Å². The van der Waals surface area contributed by atoms with Gasteiger partial charge in [-0.25, -0.2) is 19.3 Å². The van der Waals surface area contributed by atoms with Gasteiger partial charge in [0.15, 0.2) is 5.82 Å². The van der Waals surface area contributed by atoms with Crippen molar-refractivity contribution >= 4 is 11.7 Å². The van der Waals surface area contributed by atoms with Crippen LogP contribution < -0.4 is 9.64 Å². The number of carbonyl (C=O) groups is 1. The van der Waals surface area contributed by atoms with Gasteiger partial charge < -0.3 is 19.4 Å². The normalized spacial score (nSPS) is 22.5. The molecular formula is C36H48FN9O2. The van der Waals surface area contributed by atoms with Crippen LogP contribution in [0.5, 0.6) is 11.6 Å². The number of likely N-dealkylation sites (tertiary alicyclic amines) is 1. The van der Waals surface area contributed by atoms with Crippen molar-refractivity contribution in [3.63, 3.8) is 0 Å². The first kappa shape index (κ1) is 32.8. The molecule has 4 aliphatic rings. The summed E-state index contributed by atoms with van der Waals surface area (Å²) in [5.41, 5.74) is 2.53. The van der Waals surface area contributed by atoms with Crippen LogP contribution in [0, 0.1) is 23.1 Å². The van der Waals surface area contributed by atoms with Gasteiger partial charge in [-0.1, -0.05) is 13.8 Å². The van der Waals surface area contributed by atoms with Crippen LogP contribution in [0.3, 0.4) is 0 Å². The molecule has 1 spiro atoms. The number of hydrogen-bond acceptors (Lipinski definition) is 10. The molecule has 4 heterocycles. The highest BCUT2D eigenvalue weighted by Gasteiger charge is 2.53.